The predicted octanol–water partition coefficient (Wildman–Crippen LogP) is 7.53. The molecular formula is C48H50I2N2O5. The topological polar surface area (TPSA) is 75.9 Å². The lowest BCUT2D eigenvalue weighted by Crippen LogP contribution is -3.00. The number of halogens is 2. The molecule has 0 N–H and O–H groups in total. The Balaban J connectivity index is 0.00000549. The van der Waals surface area contributed by atoms with Crippen LogP contribution in [0.1, 0.15) is 90.8 Å². The molecule has 1 amide bonds. The maximum Gasteiger partial charge on any atom is 0.227 e. The molecule has 0 aromatic heterocycles. The Morgan fingerprint density at radius 3 is 2.37 bits per heavy atom. The molecule has 0 saturated carbocycles. The number of anilines is 1. The molecule has 7 rings (SSSR count). The molecule has 2 aliphatic heterocycles. The minimum atomic E-state index is -0.811. The van der Waals surface area contributed by atoms with Gasteiger partial charge in [-0.25, -0.2) is 0 Å². The molecule has 57 heavy (non-hydrogen) atoms. The quantitative estimate of drug-likeness (QED) is 0.126. The Bertz CT molecular complexity index is 2410. The Labute approximate surface area is 367 Å². The van der Waals surface area contributed by atoms with Gasteiger partial charge < -0.3 is 38.4 Å². The van der Waals surface area contributed by atoms with E-state index in [0.717, 1.165) is 47.6 Å². The van der Waals surface area contributed by atoms with Gasteiger partial charge in [-0.2, -0.15) is 4.58 Å². The fourth-order valence-corrected chi connectivity index (χ4v) is 9.04. The van der Waals surface area contributed by atoms with Crippen molar-refractivity contribution in [3.8, 4) is 11.5 Å². The third-order valence-electron chi connectivity index (χ3n) is 12.0. The van der Waals surface area contributed by atoms with Crippen molar-refractivity contribution in [2.45, 2.75) is 86.2 Å². The summed E-state index contributed by atoms with van der Waals surface area (Å²) in [6.07, 6.45) is 9.90. The highest BCUT2D eigenvalue weighted by molar-refractivity contribution is 14.1. The Hall–Kier alpha value is -4.10. The summed E-state index contributed by atoms with van der Waals surface area (Å²) in [7, 11) is 3.89. The molecule has 0 saturated heterocycles. The first-order valence-corrected chi connectivity index (χ1v) is 20.4. The van der Waals surface area contributed by atoms with Crippen molar-refractivity contribution in [2.24, 2.45) is 5.41 Å². The number of nitrogens with zero attached hydrogens (tertiary/aromatic N) is 2. The average molecular weight is 989 g/mol. The lowest BCUT2D eigenvalue weighted by Gasteiger charge is -2.32. The normalized spacial score (nSPS) is 17.6. The molecule has 4 aliphatic rings. The van der Waals surface area contributed by atoms with Gasteiger partial charge in [-0.05, 0) is 142 Å². The van der Waals surface area contributed by atoms with Gasteiger partial charge in [0.1, 0.15) is 30.9 Å². The summed E-state index contributed by atoms with van der Waals surface area (Å²) in [5.74, 6) is 2.02. The molecule has 296 valence electrons. The largest absolute Gasteiger partial charge is 1.00 e. The number of hydrogen-bond acceptors (Lipinski definition) is 5. The van der Waals surface area contributed by atoms with Crippen molar-refractivity contribution in [1.82, 2.24) is 0 Å². The summed E-state index contributed by atoms with van der Waals surface area (Å²) in [5, 5.41) is 0. The number of ether oxygens (including phenoxy) is 2. The number of rotatable bonds is 9. The summed E-state index contributed by atoms with van der Waals surface area (Å²) in [5.41, 5.74) is 9.91. The summed E-state index contributed by atoms with van der Waals surface area (Å²) in [6, 6.07) is 20.4. The van der Waals surface area contributed by atoms with E-state index < -0.39 is 5.41 Å². The van der Waals surface area contributed by atoms with E-state index in [-0.39, 0.29) is 53.3 Å². The third kappa shape index (κ3) is 8.03. The van der Waals surface area contributed by atoms with E-state index in [1.165, 1.54) is 31.7 Å². The number of Topliss-reactive ketones (excluding diaryl/α,β-unsaturated/α-hetero) is 2. The second kappa shape index (κ2) is 16.3. The number of hydrogen-bond donors (Lipinski definition) is 0. The Morgan fingerprint density at radius 1 is 0.947 bits per heavy atom. The van der Waals surface area contributed by atoms with Crippen LogP contribution >= 0.6 is 22.6 Å². The highest BCUT2D eigenvalue weighted by Gasteiger charge is 2.43. The van der Waals surface area contributed by atoms with E-state index in [4.69, 9.17) is 9.47 Å². The van der Waals surface area contributed by atoms with Gasteiger partial charge in [0.2, 0.25) is 11.6 Å². The van der Waals surface area contributed by atoms with Gasteiger partial charge in [-0.15, -0.1) is 0 Å². The molecule has 0 radical (unpaired) electrons. The lowest BCUT2D eigenvalue weighted by atomic mass is 9.71. The van der Waals surface area contributed by atoms with E-state index in [1.807, 2.05) is 50.2 Å². The van der Waals surface area contributed by atoms with Crippen LogP contribution < -0.4 is 38.4 Å². The van der Waals surface area contributed by atoms with Crippen LogP contribution in [0.2, 0.25) is 0 Å². The van der Waals surface area contributed by atoms with Crippen molar-refractivity contribution >= 4 is 63.2 Å². The summed E-state index contributed by atoms with van der Waals surface area (Å²) >= 11 is 2.39. The molecule has 2 aliphatic carbocycles. The summed E-state index contributed by atoms with van der Waals surface area (Å²) in [6.45, 7) is 13.7. The van der Waals surface area contributed by atoms with Crippen LogP contribution in [0.5, 0.6) is 11.5 Å². The fraction of sp³-hybridized carbons (Fsp3) is 0.333. The predicted molar refractivity (Wildman–Crippen MR) is 232 cm³/mol. The van der Waals surface area contributed by atoms with Crippen molar-refractivity contribution in [3.63, 3.8) is 0 Å². The first-order valence-electron chi connectivity index (χ1n) is 19.3. The molecular weight excluding hydrogens is 938 g/mol. The minimum absolute atomic E-state index is 0. The number of ketones is 2. The summed E-state index contributed by atoms with van der Waals surface area (Å²) in [4.78, 5) is 41.1. The van der Waals surface area contributed by atoms with Crippen LogP contribution in [0.15, 0.2) is 112 Å². The standard InChI is InChI=1S/C48H50IN2O5.HI/c1-28-29(2)45(54)43(30(3)44(28)53)47(4,5)26-42(52)50(8)36-18-13-31(14-19-36)27-55-37-20-15-33-23-34-12-10-11-32(46(34)56-40(33)25-37)16-22-41-48(6,7)38-24-35(49)17-21-39(38)51(41)9;/h13-25H,10-12,26-27H2,1-9H3;1H/q+1;/p-1/b22-16+;. The van der Waals surface area contributed by atoms with Gasteiger partial charge in [0.15, 0.2) is 17.3 Å². The molecule has 0 unspecified atom stereocenters. The van der Waals surface area contributed by atoms with Gasteiger partial charge in [-0.3, -0.25) is 14.4 Å². The van der Waals surface area contributed by atoms with E-state index in [0.29, 0.717) is 34.6 Å². The number of fused-ring (bicyclic) bond motifs is 3. The second-order valence-electron chi connectivity index (χ2n) is 16.6. The van der Waals surface area contributed by atoms with E-state index in [9.17, 15) is 14.4 Å². The second-order valence-corrected chi connectivity index (χ2v) is 17.9. The van der Waals surface area contributed by atoms with Crippen LogP contribution in [0, 0.1) is 8.99 Å². The van der Waals surface area contributed by atoms with Crippen molar-refractivity contribution in [3.05, 3.63) is 132 Å². The maximum absolute atomic E-state index is 13.5. The average Bonchev–Trinajstić information content (AvgIpc) is 3.35. The Kier molecular flexibility index (Phi) is 12.1. The first-order chi connectivity index (χ1) is 26.5. The molecule has 9 heteroatoms. The van der Waals surface area contributed by atoms with Crippen LogP contribution in [0.3, 0.4) is 0 Å². The zero-order valence-corrected chi connectivity index (χ0v) is 38.5. The molecule has 3 aromatic rings. The van der Waals surface area contributed by atoms with E-state index >= 15 is 0 Å². The SMILES string of the molecule is CC1=C(C)C(=O)C(C(C)(C)CC(=O)N(C)c2ccc(COc3ccc4c(c3)OC3=C(/C=C/C5=[N+](C)c6ccc(I)cc6C5(C)C)CCCC3=C4)cc2)=C(C)C1=O.[I-]. The fourth-order valence-electron chi connectivity index (χ4n) is 8.55. The monoisotopic (exact) mass is 988 g/mol. The van der Waals surface area contributed by atoms with Crippen LogP contribution in [0.25, 0.3) is 6.08 Å². The highest BCUT2D eigenvalue weighted by Crippen LogP contribution is 2.43. The zero-order chi connectivity index (χ0) is 40.3. The van der Waals surface area contributed by atoms with Gasteiger partial charge >= 0.3 is 0 Å². The molecule has 0 fully saturated rings. The van der Waals surface area contributed by atoms with Crippen molar-refractivity contribution < 1.29 is 52.4 Å². The van der Waals surface area contributed by atoms with Crippen molar-refractivity contribution in [2.75, 3.05) is 19.0 Å². The maximum atomic E-state index is 13.5. The lowest BCUT2D eigenvalue weighted by molar-refractivity contribution is -0.401. The number of benzene rings is 3. The van der Waals surface area contributed by atoms with Crippen molar-refractivity contribution in [1.29, 1.82) is 0 Å². The van der Waals surface area contributed by atoms with Crippen LogP contribution in [0.4, 0.5) is 11.4 Å². The smallest absolute Gasteiger partial charge is 0.227 e. The van der Waals surface area contributed by atoms with Crippen LogP contribution in [-0.4, -0.2) is 41.9 Å². The minimum Gasteiger partial charge on any atom is -1.00 e. The molecule has 3 aromatic carbocycles. The molecule has 7 nitrogen and oxygen atoms in total. The number of amides is 1. The van der Waals surface area contributed by atoms with Crippen LogP contribution in [-0.2, 0) is 26.4 Å². The number of carbonyl (C=O) groups excluding carboxylic acids is 3. The third-order valence-corrected chi connectivity index (χ3v) is 12.7. The van der Waals surface area contributed by atoms with E-state index in [2.05, 4.69) is 90.6 Å². The number of allylic oxidation sites excluding steroid dienone is 8. The molecule has 2 heterocycles. The summed E-state index contributed by atoms with van der Waals surface area (Å²) < 4.78 is 16.5. The zero-order valence-electron chi connectivity index (χ0n) is 34.2. The first kappa shape index (κ1) is 42.5. The molecule has 0 atom stereocenters. The molecule has 0 spiro atoms. The Morgan fingerprint density at radius 2 is 1.65 bits per heavy atom. The van der Waals surface area contributed by atoms with Gasteiger partial charge in [0.25, 0.3) is 0 Å². The van der Waals surface area contributed by atoms with E-state index in [1.54, 1.807) is 32.7 Å². The number of carbonyl (C=O) groups is 3. The van der Waals surface area contributed by atoms with Gasteiger partial charge in [-0.1, -0.05) is 26.0 Å². The van der Waals surface area contributed by atoms with Gasteiger partial charge in [0, 0.05) is 79.8 Å². The van der Waals surface area contributed by atoms with Gasteiger partial charge in [0.05, 0.1) is 5.41 Å². The molecule has 0 bridgehead atoms. The highest BCUT2D eigenvalue weighted by atomic mass is 127.